The largest absolute Gasteiger partial charge is 0.340 e. The lowest BCUT2D eigenvalue weighted by molar-refractivity contribution is 0.0777. The molecule has 0 atom stereocenters. The molecular formula is C15H21FN2O. The van der Waals surface area contributed by atoms with Crippen LogP contribution in [-0.4, -0.2) is 48.9 Å². The standard InChI is InChI=1S/C15H21FN2O/c1-12-5-6-13(14(16)11-12)15(19)17(2)9-10-18-7-3-4-8-18/h5-6,11H,3-4,7-10H2,1-2H3. The normalized spacial score (nSPS) is 15.7. The van der Waals surface area contributed by atoms with Crippen LogP contribution in [0.3, 0.4) is 0 Å². The third-order valence-electron chi connectivity index (χ3n) is 3.65. The first-order valence-corrected chi connectivity index (χ1v) is 6.82. The van der Waals surface area contributed by atoms with Gasteiger partial charge in [0, 0.05) is 20.1 Å². The zero-order valence-corrected chi connectivity index (χ0v) is 11.7. The lowest BCUT2D eigenvalue weighted by Crippen LogP contribution is -2.35. The lowest BCUT2D eigenvalue weighted by Gasteiger charge is -2.21. The Hall–Kier alpha value is -1.42. The van der Waals surface area contributed by atoms with Gasteiger partial charge in [0.05, 0.1) is 5.56 Å². The Morgan fingerprint density at radius 2 is 2.05 bits per heavy atom. The van der Waals surface area contributed by atoms with Crippen LogP contribution in [0.2, 0.25) is 0 Å². The second-order valence-electron chi connectivity index (χ2n) is 5.26. The Morgan fingerprint density at radius 3 is 2.68 bits per heavy atom. The predicted molar refractivity (Wildman–Crippen MR) is 73.8 cm³/mol. The van der Waals surface area contributed by atoms with E-state index in [0.29, 0.717) is 6.54 Å². The van der Waals surface area contributed by atoms with E-state index >= 15 is 0 Å². The summed E-state index contributed by atoms with van der Waals surface area (Å²) in [6.45, 7) is 5.55. The van der Waals surface area contributed by atoms with Crippen molar-refractivity contribution in [1.82, 2.24) is 9.80 Å². The number of carbonyl (C=O) groups excluding carboxylic acids is 1. The fraction of sp³-hybridized carbons (Fsp3) is 0.533. The summed E-state index contributed by atoms with van der Waals surface area (Å²) >= 11 is 0. The van der Waals surface area contributed by atoms with Crippen LogP contribution in [-0.2, 0) is 0 Å². The summed E-state index contributed by atoms with van der Waals surface area (Å²) < 4.78 is 13.7. The fourth-order valence-electron chi connectivity index (χ4n) is 2.40. The second kappa shape index (κ2) is 6.15. The third-order valence-corrected chi connectivity index (χ3v) is 3.65. The maximum Gasteiger partial charge on any atom is 0.256 e. The molecule has 1 aromatic rings. The molecule has 19 heavy (non-hydrogen) atoms. The molecule has 1 fully saturated rings. The molecule has 0 N–H and O–H groups in total. The van der Waals surface area contributed by atoms with Crippen molar-refractivity contribution in [3.63, 3.8) is 0 Å². The van der Waals surface area contributed by atoms with Crippen molar-refractivity contribution in [2.75, 3.05) is 33.2 Å². The third kappa shape index (κ3) is 3.53. The number of halogens is 1. The Kier molecular flexibility index (Phi) is 4.53. The zero-order valence-electron chi connectivity index (χ0n) is 11.7. The summed E-state index contributed by atoms with van der Waals surface area (Å²) in [5.74, 6) is -0.672. The van der Waals surface area contributed by atoms with Gasteiger partial charge in [-0.25, -0.2) is 4.39 Å². The quantitative estimate of drug-likeness (QED) is 0.833. The number of carbonyl (C=O) groups is 1. The van der Waals surface area contributed by atoms with Crippen molar-refractivity contribution in [2.24, 2.45) is 0 Å². The van der Waals surface area contributed by atoms with Crippen molar-refractivity contribution < 1.29 is 9.18 Å². The van der Waals surface area contributed by atoms with E-state index in [4.69, 9.17) is 0 Å². The van der Waals surface area contributed by atoms with E-state index in [2.05, 4.69) is 4.90 Å². The number of hydrogen-bond donors (Lipinski definition) is 0. The second-order valence-corrected chi connectivity index (χ2v) is 5.26. The molecule has 1 heterocycles. The van der Waals surface area contributed by atoms with Crippen LogP contribution in [0.25, 0.3) is 0 Å². The number of rotatable bonds is 4. The summed E-state index contributed by atoms with van der Waals surface area (Å²) in [7, 11) is 1.73. The summed E-state index contributed by atoms with van der Waals surface area (Å²) in [4.78, 5) is 16.1. The topological polar surface area (TPSA) is 23.6 Å². The summed E-state index contributed by atoms with van der Waals surface area (Å²) in [6.07, 6.45) is 2.48. The van der Waals surface area contributed by atoms with Crippen molar-refractivity contribution in [3.05, 3.63) is 35.1 Å². The summed E-state index contributed by atoms with van der Waals surface area (Å²) in [5, 5.41) is 0. The molecule has 1 aliphatic heterocycles. The molecule has 1 saturated heterocycles. The minimum atomic E-state index is -0.432. The van der Waals surface area contributed by atoms with Gasteiger partial charge in [-0.15, -0.1) is 0 Å². The van der Waals surface area contributed by atoms with Gasteiger partial charge in [0.2, 0.25) is 0 Å². The molecule has 1 aliphatic rings. The summed E-state index contributed by atoms with van der Waals surface area (Å²) in [5.41, 5.74) is 0.989. The first kappa shape index (κ1) is 14.0. The fourth-order valence-corrected chi connectivity index (χ4v) is 2.40. The predicted octanol–water partition coefficient (Wildman–Crippen LogP) is 2.30. The van der Waals surface area contributed by atoms with Gasteiger partial charge in [-0.2, -0.15) is 0 Å². The Labute approximate surface area is 114 Å². The highest BCUT2D eigenvalue weighted by Gasteiger charge is 2.18. The van der Waals surface area contributed by atoms with Gasteiger partial charge in [-0.05, 0) is 50.6 Å². The molecule has 0 spiro atoms. The van der Waals surface area contributed by atoms with Crippen molar-refractivity contribution in [1.29, 1.82) is 0 Å². The number of likely N-dealkylation sites (N-methyl/N-ethyl adjacent to an activating group) is 1. The highest BCUT2D eigenvalue weighted by molar-refractivity contribution is 5.94. The molecule has 0 aliphatic carbocycles. The van der Waals surface area contributed by atoms with Gasteiger partial charge in [0.1, 0.15) is 5.82 Å². The van der Waals surface area contributed by atoms with Gasteiger partial charge >= 0.3 is 0 Å². The van der Waals surface area contributed by atoms with Crippen LogP contribution in [0.4, 0.5) is 4.39 Å². The SMILES string of the molecule is Cc1ccc(C(=O)N(C)CCN2CCCC2)c(F)c1. The average Bonchev–Trinajstić information content (AvgIpc) is 2.88. The number of likely N-dealkylation sites (tertiary alicyclic amines) is 1. The van der Waals surface area contributed by atoms with E-state index in [1.165, 1.54) is 18.9 Å². The molecule has 0 bridgehead atoms. The Morgan fingerprint density at radius 1 is 1.37 bits per heavy atom. The lowest BCUT2D eigenvalue weighted by atomic mass is 10.1. The molecular weight excluding hydrogens is 243 g/mol. The average molecular weight is 264 g/mol. The van der Waals surface area contributed by atoms with Gasteiger partial charge in [0.25, 0.3) is 5.91 Å². The van der Waals surface area contributed by atoms with Crippen LogP contribution in [0.1, 0.15) is 28.8 Å². The van der Waals surface area contributed by atoms with Crippen LogP contribution < -0.4 is 0 Å². The van der Waals surface area contributed by atoms with Crippen LogP contribution >= 0.6 is 0 Å². The molecule has 0 saturated carbocycles. The van der Waals surface area contributed by atoms with E-state index in [1.807, 2.05) is 6.92 Å². The minimum absolute atomic E-state index is 0.162. The van der Waals surface area contributed by atoms with Gasteiger partial charge in [-0.3, -0.25) is 4.79 Å². The maximum atomic E-state index is 13.7. The first-order valence-electron chi connectivity index (χ1n) is 6.82. The molecule has 2 rings (SSSR count). The van der Waals surface area contributed by atoms with Crippen molar-refractivity contribution in [2.45, 2.75) is 19.8 Å². The zero-order chi connectivity index (χ0) is 13.8. The smallest absolute Gasteiger partial charge is 0.256 e. The number of nitrogens with zero attached hydrogens (tertiary/aromatic N) is 2. The number of benzene rings is 1. The van der Waals surface area contributed by atoms with E-state index in [9.17, 15) is 9.18 Å². The minimum Gasteiger partial charge on any atom is -0.340 e. The first-order chi connectivity index (χ1) is 9.08. The molecule has 104 valence electrons. The van der Waals surface area contributed by atoms with E-state index in [0.717, 1.165) is 25.2 Å². The Balaban J connectivity index is 1.94. The molecule has 0 radical (unpaired) electrons. The maximum absolute atomic E-state index is 13.7. The van der Waals surface area contributed by atoms with Crippen LogP contribution in [0.5, 0.6) is 0 Å². The molecule has 1 aromatic carbocycles. The van der Waals surface area contributed by atoms with Gasteiger partial charge < -0.3 is 9.80 Å². The van der Waals surface area contributed by atoms with Gasteiger partial charge in [0.15, 0.2) is 0 Å². The van der Waals surface area contributed by atoms with Crippen LogP contribution in [0, 0.1) is 12.7 Å². The monoisotopic (exact) mass is 264 g/mol. The molecule has 0 unspecified atom stereocenters. The number of hydrogen-bond acceptors (Lipinski definition) is 2. The highest BCUT2D eigenvalue weighted by atomic mass is 19.1. The molecule has 1 amide bonds. The molecule has 4 heteroatoms. The molecule has 0 aromatic heterocycles. The number of amides is 1. The van der Waals surface area contributed by atoms with Crippen LogP contribution in [0.15, 0.2) is 18.2 Å². The van der Waals surface area contributed by atoms with Gasteiger partial charge in [-0.1, -0.05) is 6.07 Å². The summed E-state index contributed by atoms with van der Waals surface area (Å²) in [6, 6.07) is 4.74. The van der Waals surface area contributed by atoms with Crippen molar-refractivity contribution >= 4 is 5.91 Å². The van der Waals surface area contributed by atoms with E-state index in [1.54, 1.807) is 24.1 Å². The molecule has 3 nitrogen and oxygen atoms in total. The highest BCUT2D eigenvalue weighted by Crippen LogP contribution is 2.12. The van der Waals surface area contributed by atoms with E-state index < -0.39 is 5.82 Å². The number of aryl methyl sites for hydroxylation is 1. The van der Waals surface area contributed by atoms with Crippen molar-refractivity contribution in [3.8, 4) is 0 Å². The van der Waals surface area contributed by atoms with E-state index in [-0.39, 0.29) is 11.5 Å². The Bertz CT molecular complexity index is 455.